The zero-order chi connectivity index (χ0) is 19.3. The van der Waals surface area contributed by atoms with Gasteiger partial charge in [0.15, 0.2) is 17.6 Å². The Kier molecular flexibility index (Phi) is 5.79. The molecule has 1 amide bonds. The number of benzene rings is 2. The maximum absolute atomic E-state index is 12.3. The number of aldehydes is 1. The molecule has 0 aliphatic rings. The van der Waals surface area contributed by atoms with Gasteiger partial charge in [-0.25, -0.2) is 0 Å². The molecule has 1 N–H and O–H groups in total. The van der Waals surface area contributed by atoms with E-state index in [9.17, 15) is 24.5 Å². The molecule has 0 aromatic heterocycles. The fraction of sp³-hybridized carbons (Fsp3) is 0.167. The Bertz CT molecular complexity index is 878. The number of ketones is 1. The summed E-state index contributed by atoms with van der Waals surface area (Å²) in [4.78, 5) is 44.8. The highest BCUT2D eigenvalue weighted by Gasteiger charge is 2.22. The van der Waals surface area contributed by atoms with Gasteiger partial charge in [0.25, 0.3) is 5.91 Å². The fourth-order valence-electron chi connectivity index (χ4n) is 2.15. The Labute approximate surface area is 148 Å². The zero-order valence-electron chi connectivity index (χ0n) is 14.1. The third-order valence-electron chi connectivity index (χ3n) is 3.53. The lowest BCUT2D eigenvalue weighted by atomic mass is 10.1. The first-order chi connectivity index (χ1) is 12.3. The molecule has 0 saturated heterocycles. The average Bonchev–Trinajstić information content (AvgIpc) is 2.61. The smallest absolute Gasteiger partial charge is 0.311 e. The molecule has 8 heteroatoms. The van der Waals surface area contributed by atoms with Crippen LogP contribution in [0.25, 0.3) is 0 Å². The minimum Gasteiger partial charge on any atom is -0.474 e. The van der Waals surface area contributed by atoms with Gasteiger partial charge in [-0.2, -0.15) is 0 Å². The van der Waals surface area contributed by atoms with Crippen LogP contribution in [0.15, 0.2) is 42.5 Å². The molecule has 0 bridgehead atoms. The molecule has 2 aromatic carbocycles. The maximum atomic E-state index is 12.3. The van der Waals surface area contributed by atoms with Crippen LogP contribution in [0.3, 0.4) is 0 Å². The van der Waals surface area contributed by atoms with Crippen LogP contribution in [0.1, 0.15) is 34.6 Å². The molecule has 26 heavy (non-hydrogen) atoms. The van der Waals surface area contributed by atoms with Crippen molar-refractivity contribution in [1.82, 2.24) is 0 Å². The predicted octanol–water partition coefficient (Wildman–Crippen LogP) is 3.02. The van der Waals surface area contributed by atoms with E-state index in [1.807, 2.05) is 0 Å². The molecular formula is C18H16N2O6. The second kappa shape index (κ2) is 8.02. The summed E-state index contributed by atoms with van der Waals surface area (Å²) in [6, 6.07) is 10.1. The van der Waals surface area contributed by atoms with E-state index in [-0.39, 0.29) is 17.1 Å². The number of carbonyl (C=O) groups excluding carboxylic acids is 3. The highest BCUT2D eigenvalue weighted by molar-refractivity contribution is 5.98. The van der Waals surface area contributed by atoms with Gasteiger partial charge in [0.2, 0.25) is 0 Å². The van der Waals surface area contributed by atoms with Crippen molar-refractivity contribution in [3.05, 3.63) is 63.7 Å². The van der Waals surface area contributed by atoms with Crippen molar-refractivity contribution in [2.24, 2.45) is 0 Å². The number of carbonyl (C=O) groups is 3. The summed E-state index contributed by atoms with van der Waals surface area (Å²) in [6.07, 6.45) is -0.564. The topological polar surface area (TPSA) is 116 Å². The average molecular weight is 356 g/mol. The predicted molar refractivity (Wildman–Crippen MR) is 93.7 cm³/mol. The van der Waals surface area contributed by atoms with Gasteiger partial charge in [-0.05, 0) is 38.1 Å². The van der Waals surface area contributed by atoms with E-state index in [1.165, 1.54) is 32.0 Å². The largest absolute Gasteiger partial charge is 0.474 e. The van der Waals surface area contributed by atoms with Crippen LogP contribution in [-0.2, 0) is 4.79 Å². The second-order valence-corrected chi connectivity index (χ2v) is 5.49. The van der Waals surface area contributed by atoms with Gasteiger partial charge in [0, 0.05) is 22.9 Å². The molecule has 0 spiro atoms. The summed E-state index contributed by atoms with van der Waals surface area (Å²) in [7, 11) is 0. The van der Waals surface area contributed by atoms with E-state index in [4.69, 9.17) is 4.74 Å². The molecule has 2 aromatic rings. The van der Waals surface area contributed by atoms with Crippen molar-refractivity contribution in [3.63, 3.8) is 0 Å². The van der Waals surface area contributed by atoms with Crippen molar-refractivity contribution in [1.29, 1.82) is 0 Å². The molecule has 0 saturated carbocycles. The highest BCUT2D eigenvalue weighted by atomic mass is 16.6. The molecule has 0 heterocycles. The molecule has 8 nitrogen and oxygen atoms in total. The molecule has 0 aliphatic heterocycles. The Morgan fingerprint density at radius 1 is 1.23 bits per heavy atom. The van der Waals surface area contributed by atoms with E-state index in [0.717, 1.165) is 6.07 Å². The van der Waals surface area contributed by atoms with Crippen LogP contribution in [0.4, 0.5) is 11.4 Å². The van der Waals surface area contributed by atoms with Crippen LogP contribution in [-0.4, -0.2) is 29.0 Å². The number of nitrogens with zero attached hydrogens (tertiary/aromatic N) is 1. The standard InChI is InChI=1S/C18H16N2O6/c1-11(22)14-4-3-5-15(9-14)19-18(23)12(2)26-17-7-6-13(10-21)8-16(17)20(24)25/h3-10,12H,1-2H3,(H,19,23)/t12-/m0/s1. The molecule has 134 valence electrons. The lowest BCUT2D eigenvalue weighted by Crippen LogP contribution is -2.30. The zero-order valence-corrected chi connectivity index (χ0v) is 14.1. The minimum absolute atomic E-state index is 0.124. The first-order valence-electron chi connectivity index (χ1n) is 7.64. The van der Waals surface area contributed by atoms with Crippen LogP contribution >= 0.6 is 0 Å². The number of ether oxygens (including phenoxy) is 1. The van der Waals surface area contributed by atoms with Crippen LogP contribution < -0.4 is 10.1 Å². The van der Waals surface area contributed by atoms with Gasteiger partial charge in [-0.1, -0.05) is 12.1 Å². The van der Waals surface area contributed by atoms with E-state index >= 15 is 0 Å². The SMILES string of the molecule is CC(=O)c1cccc(NC(=O)[C@H](C)Oc2ccc(C=O)cc2[N+](=O)[O-])c1. The van der Waals surface area contributed by atoms with Crippen molar-refractivity contribution >= 4 is 29.4 Å². The highest BCUT2D eigenvalue weighted by Crippen LogP contribution is 2.28. The van der Waals surface area contributed by atoms with Gasteiger partial charge < -0.3 is 10.1 Å². The molecule has 1 atom stereocenters. The van der Waals surface area contributed by atoms with Crippen LogP contribution in [0.5, 0.6) is 5.75 Å². The summed E-state index contributed by atoms with van der Waals surface area (Å²) in [5.74, 6) is -0.809. The van der Waals surface area contributed by atoms with E-state index in [1.54, 1.807) is 18.2 Å². The number of amides is 1. The van der Waals surface area contributed by atoms with Gasteiger partial charge in [0.1, 0.15) is 6.29 Å². The second-order valence-electron chi connectivity index (χ2n) is 5.49. The monoisotopic (exact) mass is 356 g/mol. The van der Waals surface area contributed by atoms with Crippen molar-refractivity contribution in [3.8, 4) is 5.75 Å². The van der Waals surface area contributed by atoms with Crippen LogP contribution in [0.2, 0.25) is 0 Å². The quantitative estimate of drug-likeness (QED) is 0.353. The Morgan fingerprint density at radius 3 is 2.58 bits per heavy atom. The number of nitro benzene ring substituents is 1. The number of rotatable bonds is 7. The van der Waals surface area contributed by atoms with Crippen molar-refractivity contribution < 1.29 is 24.0 Å². The van der Waals surface area contributed by atoms with Gasteiger partial charge in [0.05, 0.1) is 4.92 Å². The first-order valence-corrected chi connectivity index (χ1v) is 7.64. The molecule has 0 unspecified atom stereocenters. The summed E-state index contributed by atoms with van der Waals surface area (Å²) < 4.78 is 5.38. The number of anilines is 1. The van der Waals surface area contributed by atoms with Crippen LogP contribution in [0, 0.1) is 10.1 Å². The number of Topliss-reactive ketones (excluding diaryl/α,β-unsaturated/α-hetero) is 1. The summed E-state index contributed by atoms with van der Waals surface area (Å²) in [6.45, 7) is 2.84. The summed E-state index contributed by atoms with van der Waals surface area (Å²) in [5, 5.41) is 13.7. The van der Waals surface area contributed by atoms with E-state index in [0.29, 0.717) is 17.5 Å². The number of nitro groups is 1. The van der Waals surface area contributed by atoms with E-state index in [2.05, 4.69) is 5.32 Å². The number of nitrogens with one attached hydrogen (secondary N) is 1. The molecule has 0 aliphatic carbocycles. The summed E-state index contributed by atoms with van der Waals surface area (Å²) in [5.41, 5.74) is 0.565. The number of hydrogen-bond donors (Lipinski definition) is 1. The molecule has 0 radical (unpaired) electrons. The van der Waals surface area contributed by atoms with Gasteiger partial charge >= 0.3 is 5.69 Å². The molecular weight excluding hydrogens is 340 g/mol. The lowest BCUT2D eigenvalue weighted by Gasteiger charge is -2.15. The maximum Gasteiger partial charge on any atom is 0.311 e. The molecule has 2 rings (SSSR count). The van der Waals surface area contributed by atoms with Gasteiger partial charge in [-0.15, -0.1) is 0 Å². The number of hydrogen-bond acceptors (Lipinski definition) is 6. The fourth-order valence-corrected chi connectivity index (χ4v) is 2.15. The van der Waals surface area contributed by atoms with Crippen molar-refractivity contribution in [2.75, 3.05) is 5.32 Å². The first kappa shape index (κ1) is 18.8. The van der Waals surface area contributed by atoms with Crippen molar-refractivity contribution in [2.45, 2.75) is 20.0 Å². The molecule has 0 fully saturated rings. The normalized spacial score (nSPS) is 11.3. The third kappa shape index (κ3) is 4.50. The van der Waals surface area contributed by atoms with E-state index < -0.39 is 22.6 Å². The van der Waals surface area contributed by atoms with Gasteiger partial charge in [-0.3, -0.25) is 24.5 Å². The Morgan fingerprint density at radius 2 is 1.96 bits per heavy atom. The Balaban J connectivity index is 2.14. The third-order valence-corrected chi connectivity index (χ3v) is 3.53. The summed E-state index contributed by atoms with van der Waals surface area (Å²) >= 11 is 0. The Hall–Kier alpha value is -3.55. The minimum atomic E-state index is -1.04. The lowest BCUT2D eigenvalue weighted by molar-refractivity contribution is -0.386.